The number of methoxy groups -OCH3 is 1. The van der Waals surface area contributed by atoms with Gasteiger partial charge in [0.2, 0.25) is 0 Å². The molecule has 3 rings (SSSR count). The van der Waals surface area contributed by atoms with Gasteiger partial charge in [0, 0.05) is 30.9 Å². The Morgan fingerprint density at radius 3 is 2.63 bits per heavy atom. The van der Waals surface area contributed by atoms with Crippen LogP contribution in [0, 0.1) is 10.1 Å². The van der Waals surface area contributed by atoms with Crippen LogP contribution < -0.4 is 15.4 Å². The highest BCUT2D eigenvalue weighted by atomic mass is 16.6. The maximum absolute atomic E-state index is 11.1. The molecule has 0 aromatic heterocycles. The van der Waals surface area contributed by atoms with Crippen molar-refractivity contribution >= 4 is 11.4 Å². The molecule has 1 aliphatic heterocycles. The second-order valence-electron chi connectivity index (χ2n) is 6.97. The van der Waals surface area contributed by atoms with E-state index >= 15 is 0 Å². The molecule has 0 unspecified atom stereocenters. The number of nitrogens with two attached hydrogens (primary N) is 1. The summed E-state index contributed by atoms with van der Waals surface area (Å²) in [5.41, 5.74) is 9.19. The molecular formula is C21H27N3O3. The van der Waals surface area contributed by atoms with Gasteiger partial charge in [-0.05, 0) is 61.4 Å². The summed E-state index contributed by atoms with van der Waals surface area (Å²) in [5.74, 6) is 1.43. The molecule has 0 aliphatic carbocycles. The maximum Gasteiger partial charge on any atom is 0.269 e. The van der Waals surface area contributed by atoms with Crippen molar-refractivity contribution in [2.45, 2.75) is 31.6 Å². The van der Waals surface area contributed by atoms with Crippen molar-refractivity contribution < 1.29 is 9.66 Å². The molecule has 2 N–H and O–H groups in total. The number of hydrogen-bond donors (Lipinski definition) is 1. The van der Waals surface area contributed by atoms with Gasteiger partial charge < -0.3 is 15.4 Å². The first-order valence-electron chi connectivity index (χ1n) is 9.49. The third-order valence-electron chi connectivity index (χ3n) is 5.34. The van der Waals surface area contributed by atoms with Crippen LogP contribution in [0.1, 0.15) is 36.3 Å². The monoisotopic (exact) mass is 369 g/mol. The second kappa shape index (κ2) is 8.86. The number of nitrogens with zero attached hydrogens (tertiary/aromatic N) is 2. The van der Waals surface area contributed by atoms with E-state index in [9.17, 15) is 10.1 Å². The minimum Gasteiger partial charge on any atom is -0.496 e. The lowest BCUT2D eigenvalue weighted by atomic mass is 9.88. The molecule has 0 amide bonds. The largest absolute Gasteiger partial charge is 0.496 e. The summed E-state index contributed by atoms with van der Waals surface area (Å²) in [6, 6.07) is 13.4. The third kappa shape index (κ3) is 4.39. The maximum atomic E-state index is 11.1. The number of non-ortho nitro benzene ring substituents is 1. The summed E-state index contributed by atoms with van der Waals surface area (Å²) in [6.45, 7) is 2.43. The molecule has 2 aromatic rings. The minimum absolute atomic E-state index is 0.148. The van der Waals surface area contributed by atoms with Crippen LogP contribution in [0.25, 0.3) is 0 Å². The van der Waals surface area contributed by atoms with Crippen LogP contribution in [0.15, 0.2) is 42.5 Å². The number of ether oxygens (including phenoxy) is 1. The van der Waals surface area contributed by atoms with Crippen LogP contribution in [-0.2, 0) is 6.42 Å². The molecule has 27 heavy (non-hydrogen) atoms. The summed E-state index contributed by atoms with van der Waals surface area (Å²) >= 11 is 0. The lowest BCUT2D eigenvalue weighted by molar-refractivity contribution is -0.384. The van der Waals surface area contributed by atoms with E-state index in [1.807, 2.05) is 18.2 Å². The van der Waals surface area contributed by atoms with E-state index in [0.717, 1.165) is 55.8 Å². The number of hydrogen-bond acceptors (Lipinski definition) is 5. The van der Waals surface area contributed by atoms with E-state index < -0.39 is 0 Å². The molecule has 2 aromatic carbocycles. The van der Waals surface area contributed by atoms with E-state index in [1.165, 1.54) is 5.56 Å². The average Bonchev–Trinajstić information content (AvgIpc) is 2.72. The van der Waals surface area contributed by atoms with Crippen molar-refractivity contribution in [2.75, 3.05) is 31.6 Å². The van der Waals surface area contributed by atoms with Gasteiger partial charge in [-0.25, -0.2) is 0 Å². The smallest absolute Gasteiger partial charge is 0.269 e. The van der Waals surface area contributed by atoms with Crippen LogP contribution in [0.2, 0.25) is 0 Å². The average molecular weight is 369 g/mol. The van der Waals surface area contributed by atoms with Gasteiger partial charge in [0.1, 0.15) is 5.75 Å². The van der Waals surface area contributed by atoms with Gasteiger partial charge in [-0.15, -0.1) is 0 Å². The van der Waals surface area contributed by atoms with Crippen LogP contribution in [-0.4, -0.2) is 31.7 Å². The summed E-state index contributed by atoms with van der Waals surface area (Å²) in [5, 5.41) is 11.1. The third-order valence-corrected chi connectivity index (χ3v) is 5.34. The molecule has 1 saturated heterocycles. The molecule has 1 heterocycles. The van der Waals surface area contributed by atoms with Gasteiger partial charge in [-0.1, -0.05) is 18.2 Å². The zero-order valence-corrected chi connectivity index (χ0v) is 15.8. The summed E-state index contributed by atoms with van der Waals surface area (Å²) < 4.78 is 5.52. The minimum atomic E-state index is -0.330. The first-order valence-corrected chi connectivity index (χ1v) is 9.49. The number of rotatable bonds is 7. The first kappa shape index (κ1) is 19.2. The fraction of sp³-hybridized carbons (Fsp3) is 0.429. The lowest BCUT2D eigenvalue weighted by Gasteiger charge is -2.35. The molecule has 0 saturated carbocycles. The summed E-state index contributed by atoms with van der Waals surface area (Å²) in [7, 11) is 1.72. The molecule has 1 aliphatic rings. The Kier molecular flexibility index (Phi) is 6.29. The zero-order valence-electron chi connectivity index (χ0n) is 15.8. The predicted molar refractivity (Wildman–Crippen MR) is 108 cm³/mol. The summed E-state index contributed by atoms with van der Waals surface area (Å²) in [6.07, 6.45) is 3.66. The van der Waals surface area contributed by atoms with Gasteiger partial charge in [-0.2, -0.15) is 0 Å². The Balaban J connectivity index is 1.76. The van der Waals surface area contributed by atoms with Gasteiger partial charge in [0.05, 0.1) is 12.0 Å². The Bertz CT molecular complexity index is 786. The molecule has 6 nitrogen and oxygen atoms in total. The van der Waals surface area contributed by atoms with Crippen molar-refractivity contribution in [2.24, 2.45) is 5.73 Å². The van der Waals surface area contributed by atoms with Gasteiger partial charge in [0.15, 0.2) is 0 Å². The quantitative estimate of drug-likeness (QED) is 0.592. The number of nitro benzene ring substituents is 1. The van der Waals surface area contributed by atoms with Gasteiger partial charge in [0.25, 0.3) is 5.69 Å². The highest BCUT2D eigenvalue weighted by molar-refractivity contribution is 5.58. The first-order chi connectivity index (χ1) is 13.1. The Labute approximate surface area is 160 Å². The molecule has 6 heteroatoms. The van der Waals surface area contributed by atoms with Crippen LogP contribution in [0.4, 0.5) is 11.4 Å². The predicted octanol–water partition coefficient (Wildman–Crippen LogP) is 3.88. The van der Waals surface area contributed by atoms with E-state index in [-0.39, 0.29) is 10.6 Å². The molecule has 1 fully saturated rings. The van der Waals surface area contributed by atoms with Crippen molar-refractivity contribution in [3.05, 3.63) is 63.7 Å². The van der Waals surface area contributed by atoms with E-state index in [0.29, 0.717) is 12.5 Å². The molecule has 0 bridgehead atoms. The van der Waals surface area contributed by atoms with Gasteiger partial charge in [-0.3, -0.25) is 10.1 Å². The van der Waals surface area contributed by atoms with E-state index in [2.05, 4.69) is 17.0 Å². The molecule has 144 valence electrons. The number of aryl methyl sites for hydroxylation is 1. The summed E-state index contributed by atoms with van der Waals surface area (Å²) in [4.78, 5) is 13.1. The van der Waals surface area contributed by atoms with Crippen molar-refractivity contribution in [3.8, 4) is 5.75 Å². The zero-order chi connectivity index (χ0) is 19.2. The number of piperidine rings is 1. The number of anilines is 1. The van der Waals surface area contributed by atoms with Crippen molar-refractivity contribution in [3.63, 3.8) is 0 Å². The molecule has 0 radical (unpaired) electrons. The fourth-order valence-electron chi connectivity index (χ4n) is 3.92. The second-order valence-corrected chi connectivity index (χ2v) is 6.97. The Morgan fingerprint density at radius 2 is 1.96 bits per heavy atom. The van der Waals surface area contributed by atoms with E-state index in [1.54, 1.807) is 19.2 Å². The van der Waals surface area contributed by atoms with Crippen LogP contribution >= 0.6 is 0 Å². The van der Waals surface area contributed by atoms with E-state index in [4.69, 9.17) is 10.5 Å². The van der Waals surface area contributed by atoms with Crippen LogP contribution in [0.5, 0.6) is 5.75 Å². The standard InChI is InChI=1S/C21H27N3O3/c1-27-21-7-3-2-6-19(21)16-10-13-23(14-11-16)20-9-8-18(24(25)26)15-17(20)5-4-12-22/h2-3,6-9,15-16H,4-5,10-14,22H2,1H3. The van der Waals surface area contributed by atoms with Crippen molar-refractivity contribution in [1.29, 1.82) is 0 Å². The van der Waals surface area contributed by atoms with Crippen LogP contribution in [0.3, 0.4) is 0 Å². The lowest BCUT2D eigenvalue weighted by Crippen LogP contribution is -2.33. The topological polar surface area (TPSA) is 81.6 Å². The molecule has 0 atom stereocenters. The Morgan fingerprint density at radius 1 is 1.22 bits per heavy atom. The SMILES string of the molecule is COc1ccccc1C1CCN(c2ccc([N+](=O)[O-])cc2CCCN)CC1. The number of benzene rings is 2. The molecular weight excluding hydrogens is 342 g/mol. The Hall–Kier alpha value is -2.60. The van der Waals surface area contributed by atoms with Gasteiger partial charge >= 0.3 is 0 Å². The highest BCUT2D eigenvalue weighted by Gasteiger charge is 2.24. The normalized spacial score (nSPS) is 15.0. The van der Waals surface area contributed by atoms with Crippen molar-refractivity contribution in [1.82, 2.24) is 0 Å². The number of para-hydroxylation sites is 1. The highest BCUT2D eigenvalue weighted by Crippen LogP contribution is 2.36. The number of nitro groups is 1. The molecule has 0 spiro atoms. The fourth-order valence-corrected chi connectivity index (χ4v) is 3.92.